The maximum atomic E-state index is 14.1. The summed E-state index contributed by atoms with van der Waals surface area (Å²) in [5.74, 6) is -3.13. The summed E-state index contributed by atoms with van der Waals surface area (Å²) in [6, 6.07) is 21.6. The van der Waals surface area contributed by atoms with Gasteiger partial charge in [0.15, 0.2) is 18.1 Å². The number of carbonyl (C=O) groups excluding carboxylic acids is 3. The number of halogens is 1. The molecule has 3 aromatic carbocycles. The van der Waals surface area contributed by atoms with E-state index < -0.39 is 23.7 Å². The number of nitrogens with zero attached hydrogens (tertiary/aromatic N) is 4. The van der Waals surface area contributed by atoms with Crippen molar-refractivity contribution >= 4 is 52.2 Å². The second-order valence-electron chi connectivity index (χ2n) is 10.1. The largest absolute Gasteiger partial charge is 0.490 e. The van der Waals surface area contributed by atoms with Gasteiger partial charge in [0.25, 0.3) is 11.8 Å². The summed E-state index contributed by atoms with van der Waals surface area (Å²) < 4.78 is 16.2. The smallest absolute Gasteiger partial charge is 0.343 e. The summed E-state index contributed by atoms with van der Waals surface area (Å²) in [7, 11) is 1.26. The predicted octanol–water partition coefficient (Wildman–Crippen LogP) is 5.45. The first-order chi connectivity index (χ1) is 20.7. The molecule has 0 fully saturated rings. The SMILES string of the molecule is CCOc1cc(C(C2C(=O)N(c3ccccc3)N=C2C)C2C(=O)N(c3ccccc3)N=C2C)cc(Cl)c1OCC(=O)OC. The van der Waals surface area contributed by atoms with Gasteiger partial charge in [-0.25, -0.2) is 14.8 Å². The third kappa shape index (κ3) is 5.83. The number of methoxy groups -OCH3 is 1. The van der Waals surface area contributed by atoms with Crippen molar-refractivity contribution < 1.29 is 28.6 Å². The molecule has 2 unspecified atom stereocenters. The highest BCUT2D eigenvalue weighted by atomic mass is 35.5. The van der Waals surface area contributed by atoms with Crippen molar-refractivity contribution in [2.24, 2.45) is 22.0 Å². The van der Waals surface area contributed by atoms with Crippen LogP contribution in [0.2, 0.25) is 5.02 Å². The Kier molecular flexibility index (Phi) is 8.77. The lowest BCUT2D eigenvalue weighted by molar-refractivity contribution is -0.143. The molecule has 11 heteroatoms. The third-order valence-corrected chi connectivity index (χ3v) is 7.64. The number of hydrogen-bond acceptors (Lipinski definition) is 8. The molecule has 43 heavy (non-hydrogen) atoms. The number of ether oxygens (including phenoxy) is 3. The van der Waals surface area contributed by atoms with Crippen molar-refractivity contribution in [1.82, 2.24) is 0 Å². The highest BCUT2D eigenvalue weighted by Gasteiger charge is 2.50. The van der Waals surface area contributed by atoms with E-state index in [0.29, 0.717) is 28.4 Å². The van der Waals surface area contributed by atoms with Gasteiger partial charge in [-0.3, -0.25) is 9.59 Å². The summed E-state index contributed by atoms with van der Waals surface area (Å²) in [5, 5.41) is 12.1. The first-order valence-electron chi connectivity index (χ1n) is 13.8. The molecule has 10 nitrogen and oxygen atoms in total. The molecule has 0 aromatic heterocycles. The van der Waals surface area contributed by atoms with Crippen LogP contribution in [-0.4, -0.2) is 49.5 Å². The maximum absolute atomic E-state index is 14.1. The molecule has 222 valence electrons. The molecule has 0 bridgehead atoms. The Morgan fingerprint density at radius 2 is 1.37 bits per heavy atom. The molecule has 2 heterocycles. The van der Waals surface area contributed by atoms with Crippen molar-refractivity contribution in [2.75, 3.05) is 30.3 Å². The minimum atomic E-state index is -0.817. The third-order valence-electron chi connectivity index (χ3n) is 7.36. The average Bonchev–Trinajstić information content (AvgIpc) is 3.47. The Hall–Kier alpha value is -4.70. The number of hydrogen-bond donors (Lipinski definition) is 0. The molecule has 0 saturated carbocycles. The fourth-order valence-corrected chi connectivity index (χ4v) is 5.72. The van der Waals surface area contributed by atoms with E-state index >= 15 is 0 Å². The summed E-state index contributed by atoms with van der Waals surface area (Å²) in [4.78, 5) is 40.1. The Morgan fingerprint density at radius 3 is 1.84 bits per heavy atom. The molecule has 5 rings (SSSR count). The van der Waals surface area contributed by atoms with Crippen LogP contribution in [-0.2, 0) is 19.1 Å². The zero-order valence-electron chi connectivity index (χ0n) is 24.2. The van der Waals surface area contributed by atoms with Crippen LogP contribution >= 0.6 is 11.6 Å². The van der Waals surface area contributed by atoms with Crippen molar-refractivity contribution in [3.63, 3.8) is 0 Å². The van der Waals surface area contributed by atoms with E-state index in [9.17, 15) is 14.4 Å². The molecule has 0 saturated heterocycles. The molecule has 0 N–H and O–H groups in total. The lowest BCUT2D eigenvalue weighted by Crippen LogP contribution is -2.40. The van der Waals surface area contributed by atoms with Crippen LogP contribution in [0.15, 0.2) is 83.0 Å². The van der Waals surface area contributed by atoms with Gasteiger partial charge < -0.3 is 14.2 Å². The zero-order valence-corrected chi connectivity index (χ0v) is 24.9. The second kappa shape index (κ2) is 12.7. The zero-order chi connectivity index (χ0) is 30.7. The Bertz CT molecular complexity index is 1510. The van der Waals surface area contributed by atoms with E-state index in [4.69, 9.17) is 25.8 Å². The molecule has 0 radical (unpaired) electrons. The fourth-order valence-electron chi connectivity index (χ4n) is 5.45. The molecular formula is C32H31ClN4O6. The number of amides is 2. The minimum absolute atomic E-state index is 0.148. The number of esters is 1. The van der Waals surface area contributed by atoms with Gasteiger partial charge in [-0.2, -0.15) is 10.2 Å². The topological polar surface area (TPSA) is 110 Å². The lowest BCUT2D eigenvalue weighted by atomic mass is 9.73. The van der Waals surface area contributed by atoms with E-state index in [1.165, 1.54) is 17.1 Å². The number of hydrazone groups is 2. The van der Waals surface area contributed by atoms with E-state index in [1.807, 2.05) is 36.4 Å². The summed E-state index contributed by atoms with van der Waals surface area (Å²) >= 11 is 6.74. The Balaban J connectivity index is 1.62. The van der Waals surface area contributed by atoms with Crippen LogP contribution in [0.1, 0.15) is 32.3 Å². The monoisotopic (exact) mass is 602 g/mol. The molecule has 2 aliphatic rings. The standard InChI is InChI=1S/C32H31ClN4O6/c1-5-42-25-17-21(16-24(33)30(25)43-18-26(38)41-4)29(27-19(2)34-36(31(27)39)22-12-8-6-9-13-22)28-20(3)35-37(32(28)40)23-14-10-7-11-15-23/h6-17,27-29H,5,18H2,1-4H3. The van der Waals surface area contributed by atoms with Crippen molar-refractivity contribution in [1.29, 1.82) is 0 Å². The fraction of sp³-hybridized carbons (Fsp3) is 0.281. The van der Waals surface area contributed by atoms with Gasteiger partial charge >= 0.3 is 5.97 Å². The van der Waals surface area contributed by atoms with Crippen molar-refractivity contribution in [2.45, 2.75) is 26.7 Å². The van der Waals surface area contributed by atoms with E-state index in [0.717, 1.165) is 0 Å². The van der Waals surface area contributed by atoms with E-state index in [-0.39, 0.29) is 41.5 Å². The van der Waals surface area contributed by atoms with Gasteiger partial charge in [0.2, 0.25) is 0 Å². The van der Waals surface area contributed by atoms with Crippen LogP contribution in [0, 0.1) is 11.8 Å². The average molecular weight is 603 g/mol. The number of anilines is 2. The Labute approximate surface area is 254 Å². The highest BCUT2D eigenvalue weighted by molar-refractivity contribution is 6.32. The first kappa shape index (κ1) is 29.8. The molecule has 2 amide bonds. The number of carbonyl (C=O) groups is 3. The van der Waals surface area contributed by atoms with Crippen LogP contribution in [0.3, 0.4) is 0 Å². The van der Waals surface area contributed by atoms with Gasteiger partial charge in [0, 0.05) is 17.3 Å². The summed E-state index contributed by atoms with van der Waals surface area (Å²) in [5.41, 5.74) is 2.86. The van der Waals surface area contributed by atoms with Gasteiger partial charge in [0.05, 0.1) is 41.9 Å². The number of benzene rings is 3. The van der Waals surface area contributed by atoms with Crippen molar-refractivity contribution in [3.05, 3.63) is 83.4 Å². The first-order valence-corrected chi connectivity index (χ1v) is 14.2. The van der Waals surface area contributed by atoms with Gasteiger partial charge in [-0.05, 0) is 62.7 Å². The quantitative estimate of drug-likeness (QED) is 0.285. The summed E-state index contributed by atoms with van der Waals surface area (Å²) in [6.07, 6.45) is 0. The normalized spacial score (nSPS) is 18.8. The predicted molar refractivity (Wildman–Crippen MR) is 164 cm³/mol. The molecule has 2 atom stereocenters. The van der Waals surface area contributed by atoms with Crippen molar-refractivity contribution in [3.8, 4) is 11.5 Å². The second-order valence-corrected chi connectivity index (χ2v) is 10.5. The van der Waals surface area contributed by atoms with Gasteiger partial charge in [-0.15, -0.1) is 0 Å². The Morgan fingerprint density at radius 1 is 0.860 bits per heavy atom. The number of para-hydroxylation sites is 2. The molecule has 3 aromatic rings. The van der Waals surface area contributed by atoms with Crippen LogP contribution in [0.5, 0.6) is 11.5 Å². The highest BCUT2D eigenvalue weighted by Crippen LogP contribution is 2.46. The van der Waals surface area contributed by atoms with E-state index in [1.54, 1.807) is 57.2 Å². The molecular weight excluding hydrogens is 572 g/mol. The van der Waals surface area contributed by atoms with Gasteiger partial charge in [0.1, 0.15) is 0 Å². The van der Waals surface area contributed by atoms with Crippen LogP contribution < -0.4 is 19.5 Å². The van der Waals surface area contributed by atoms with E-state index in [2.05, 4.69) is 10.2 Å². The van der Waals surface area contributed by atoms with Crippen LogP contribution in [0.25, 0.3) is 0 Å². The summed E-state index contributed by atoms with van der Waals surface area (Å²) in [6.45, 7) is 5.24. The number of rotatable bonds is 10. The maximum Gasteiger partial charge on any atom is 0.343 e. The van der Waals surface area contributed by atoms with Gasteiger partial charge in [-0.1, -0.05) is 48.0 Å². The van der Waals surface area contributed by atoms with Crippen LogP contribution in [0.4, 0.5) is 11.4 Å². The molecule has 2 aliphatic heterocycles. The minimum Gasteiger partial charge on any atom is -0.490 e. The molecule has 0 spiro atoms. The lowest BCUT2D eigenvalue weighted by Gasteiger charge is -2.29. The molecule has 0 aliphatic carbocycles.